The van der Waals surface area contributed by atoms with Crippen molar-refractivity contribution in [2.24, 2.45) is 0 Å². The number of benzene rings is 1. The molecule has 1 aromatic rings. The molecule has 0 saturated heterocycles. The normalized spacial score (nSPS) is 26.2. The van der Waals surface area contributed by atoms with Crippen LogP contribution in [0.5, 0.6) is 0 Å². The van der Waals surface area contributed by atoms with E-state index in [2.05, 4.69) is 0 Å². The Morgan fingerprint density at radius 3 is 2.58 bits per heavy atom. The molecule has 0 radical (unpaired) electrons. The minimum Gasteiger partial charge on any atom is -0.391 e. The number of ketones is 1. The number of Topliss-reactive ketones (excluding diaryl/α,β-unsaturated/α-hetero) is 1. The summed E-state index contributed by atoms with van der Waals surface area (Å²) in [5.41, 5.74) is -0.469. The van der Waals surface area contributed by atoms with Crippen LogP contribution in [0.4, 0.5) is 14.5 Å². The summed E-state index contributed by atoms with van der Waals surface area (Å²) in [6.45, 7) is 0. The first kappa shape index (κ1) is 12.2. The minimum absolute atomic E-state index is 0.206. The summed E-state index contributed by atoms with van der Waals surface area (Å²) in [7, 11) is 0. The largest absolute Gasteiger partial charge is 0.391 e. The molecule has 19 heavy (non-hydrogen) atoms. The maximum Gasteiger partial charge on any atom is 0.299 e. The summed E-state index contributed by atoms with van der Waals surface area (Å²) in [5, 5.41) is 9.82. The molecular formula is C13H11F2NO3. The third-order valence-corrected chi connectivity index (χ3v) is 3.70. The molecule has 1 aliphatic carbocycles. The molecule has 1 aromatic carbocycles. The zero-order chi connectivity index (χ0) is 13.7. The Bertz CT molecular complexity index is 587. The van der Waals surface area contributed by atoms with Gasteiger partial charge < -0.3 is 5.11 Å². The molecule has 2 aliphatic rings. The molecule has 2 atom stereocenters. The first-order valence-corrected chi connectivity index (χ1v) is 6.05. The lowest BCUT2D eigenvalue weighted by atomic mass is 10.1. The van der Waals surface area contributed by atoms with Crippen molar-refractivity contribution in [3.8, 4) is 0 Å². The average Bonchev–Trinajstić information content (AvgIpc) is 2.85. The van der Waals surface area contributed by atoms with Crippen LogP contribution in [0.1, 0.15) is 29.6 Å². The van der Waals surface area contributed by atoms with Crippen LogP contribution in [-0.2, 0) is 4.79 Å². The molecule has 1 aliphatic heterocycles. The van der Waals surface area contributed by atoms with Crippen molar-refractivity contribution in [2.75, 3.05) is 4.90 Å². The third kappa shape index (κ3) is 1.67. The van der Waals surface area contributed by atoms with E-state index in [1.54, 1.807) is 0 Å². The average molecular weight is 267 g/mol. The fourth-order valence-corrected chi connectivity index (χ4v) is 2.85. The molecule has 6 heteroatoms. The van der Waals surface area contributed by atoms with E-state index in [1.807, 2.05) is 0 Å². The number of hydrogen-bond acceptors (Lipinski definition) is 3. The first-order chi connectivity index (χ1) is 9.00. The Morgan fingerprint density at radius 2 is 1.95 bits per heavy atom. The first-order valence-electron chi connectivity index (χ1n) is 6.05. The molecule has 3 rings (SSSR count). The van der Waals surface area contributed by atoms with Crippen LogP contribution >= 0.6 is 0 Å². The second-order valence-corrected chi connectivity index (χ2v) is 4.85. The van der Waals surface area contributed by atoms with Crippen LogP contribution in [0.15, 0.2) is 12.1 Å². The summed E-state index contributed by atoms with van der Waals surface area (Å²) in [6.07, 6.45) is 0.909. The van der Waals surface area contributed by atoms with Crippen molar-refractivity contribution in [2.45, 2.75) is 31.4 Å². The monoisotopic (exact) mass is 267 g/mol. The van der Waals surface area contributed by atoms with Crippen LogP contribution in [-0.4, -0.2) is 28.9 Å². The summed E-state index contributed by atoms with van der Waals surface area (Å²) < 4.78 is 27.0. The molecule has 0 bridgehead atoms. The number of aliphatic hydroxyl groups excluding tert-OH is 1. The number of amides is 1. The summed E-state index contributed by atoms with van der Waals surface area (Å²) in [4.78, 5) is 24.7. The number of halogens is 2. The quantitative estimate of drug-likeness (QED) is 0.783. The molecule has 0 spiro atoms. The van der Waals surface area contributed by atoms with E-state index < -0.39 is 35.5 Å². The van der Waals surface area contributed by atoms with Crippen LogP contribution in [0.3, 0.4) is 0 Å². The summed E-state index contributed by atoms with van der Waals surface area (Å²) in [5.74, 6) is -3.67. The van der Waals surface area contributed by atoms with Gasteiger partial charge in [0.1, 0.15) is 5.82 Å². The molecule has 4 nitrogen and oxygen atoms in total. The van der Waals surface area contributed by atoms with Gasteiger partial charge in [0.2, 0.25) is 0 Å². The van der Waals surface area contributed by atoms with Crippen LogP contribution in [0.25, 0.3) is 0 Å². The summed E-state index contributed by atoms with van der Waals surface area (Å²) >= 11 is 0. The number of hydrogen-bond donors (Lipinski definition) is 1. The molecule has 1 fully saturated rings. The second-order valence-electron chi connectivity index (χ2n) is 4.85. The maximum atomic E-state index is 13.9. The van der Waals surface area contributed by atoms with Gasteiger partial charge in [-0.2, -0.15) is 0 Å². The molecule has 1 saturated carbocycles. The standard InChI is InChI=1S/C13H11F2NO3/c14-6-4-7-11(8(15)5-6)16(13(19)12(7)18)9-2-1-3-10(9)17/h4-5,9-10,17H,1-3H2/t9-,10-/m0/s1. The number of carbonyl (C=O) groups excluding carboxylic acids is 2. The molecule has 1 N–H and O–H groups in total. The van der Waals surface area contributed by atoms with Gasteiger partial charge in [-0.3, -0.25) is 14.5 Å². The second kappa shape index (κ2) is 4.09. The maximum absolute atomic E-state index is 13.9. The Hall–Kier alpha value is -1.82. The van der Waals surface area contributed by atoms with Gasteiger partial charge in [-0.1, -0.05) is 0 Å². The van der Waals surface area contributed by atoms with Crippen molar-refractivity contribution in [1.29, 1.82) is 0 Å². The van der Waals surface area contributed by atoms with Crippen molar-refractivity contribution >= 4 is 17.4 Å². The van der Waals surface area contributed by atoms with Gasteiger partial charge >= 0.3 is 0 Å². The van der Waals surface area contributed by atoms with E-state index in [1.165, 1.54) is 0 Å². The van der Waals surface area contributed by atoms with Gasteiger partial charge in [-0.05, 0) is 25.3 Å². The fraction of sp³-hybridized carbons (Fsp3) is 0.385. The highest BCUT2D eigenvalue weighted by atomic mass is 19.1. The Labute approximate surface area is 107 Å². The van der Waals surface area contributed by atoms with Gasteiger partial charge in [0.05, 0.1) is 23.4 Å². The van der Waals surface area contributed by atoms with Crippen molar-refractivity contribution in [3.63, 3.8) is 0 Å². The lowest BCUT2D eigenvalue weighted by Gasteiger charge is -2.27. The Kier molecular flexibility index (Phi) is 2.63. The Morgan fingerprint density at radius 1 is 1.21 bits per heavy atom. The smallest absolute Gasteiger partial charge is 0.299 e. The van der Waals surface area contributed by atoms with Crippen LogP contribution < -0.4 is 4.90 Å². The van der Waals surface area contributed by atoms with E-state index in [0.29, 0.717) is 25.3 Å². The van der Waals surface area contributed by atoms with E-state index in [4.69, 9.17) is 0 Å². The number of aliphatic hydroxyl groups is 1. The van der Waals surface area contributed by atoms with E-state index >= 15 is 0 Å². The molecule has 100 valence electrons. The SMILES string of the molecule is O=C1C(=O)N([C@H]2CCC[C@@H]2O)c2c(F)cc(F)cc21. The van der Waals surface area contributed by atoms with Crippen molar-refractivity contribution in [1.82, 2.24) is 0 Å². The predicted molar refractivity (Wildman–Crippen MR) is 61.8 cm³/mol. The minimum atomic E-state index is -0.951. The van der Waals surface area contributed by atoms with Crippen molar-refractivity contribution < 1.29 is 23.5 Å². The van der Waals surface area contributed by atoms with E-state index in [-0.39, 0.29) is 11.3 Å². The summed E-state index contributed by atoms with van der Waals surface area (Å²) in [6, 6.07) is 0.886. The van der Waals surface area contributed by atoms with Crippen LogP contribution in [0, 0.1) is 11.6 Å². The third-order valence-electron chi connectivity index (χ3n) is 3.70. The van der Waals surface area contributed by atoms with Gasteiger partial charge in [0.25, 0.3) is 11.7 Å². The topological polar surface area (TPSA) is 57.6 Å². The van der Waals surface area contributed by atoms with E-state index in [0.717, 1.165) is 11.0 Å². The van der Waals surface area contributed by atoms with Crippen LogP contribution in [0.2, 0.25) is 0 Å². The highest BCUT2D eigenvalue weighted by molar-refractivity contribution is 6.52. The zero-order valence-corrected chi connectivity index (χ0v) is 9.90. The number of carbonyl (C=O) groups is 2. The van der Waals surface area contributed by atoms with Gasteiger partial charge in [-0.25, -0.2) is 8.78 Å². The van der Waals surface area contributed by atoms with Gasteiger partial charge in [0, 0.05) is 6.07 Å². The highest BCUT2D eigenvalue weighted by Gasteiger charge is 2.45. The molecular weight excluding hydrogens is 256 g/mol. The lowest BCUT2D eigenvalue weighted by Crippen LogP contribution is -2.44. The molecule has 0 unspecified atom stereocenters. The lowest BCUT2D eigenvalue weighted by molar-refractivity contribution is -0.115. The number of fused-ring (bicyclic) bond motifs is 1. The van der Waals surface area contributed by atoms with Gasteiger partial charge in [0.15, 0.2) is 5.82 Å². The van der Waals surface area contributed by atoms with Gasteiger partial charge in [-0.15, -0.1) is 0 Å². The van der Waals surface area contributed by atoms with E-state index in [9.17, 15) is 23.5 Å². The number of anilines is 1. The molecule has 0 aromatic heterocycles. The van der Waals surface area contributed by atoms with Crippen molar-refractivity contribution in [3.05, 3.63) is 29.3 Å². The highest BCUT2D eigenvalue weighted by Crippen LogP contribution is 2.38. The number of rotatable bonds is 1. The molecule has 1 amide bonds. The predicted octanol–water partition coefficient (Wildman–Crippen LogP) is 1.41. The molecule has 1 heterocycles. The fourth-order valence-electron chi connectivity index (χ4n) is 2.85. The number of nitrogens with zero attached hydrogens (tertiary/aromatic N) is 1. The Balaban J connectivity index is 2.14. The zero-order valence-electron chi connectivity index (χ0n) is 9.90.